The Kier molecular flexibility index (Phi) is 6.91. The van der Waals surface area contributed by atoms with Crippen LogP contribution in [-0.4, -0.2) is 50.3 Å². The second kappa shape index (κ2) is 9.92. The van der Waals surface area contributed by atoms with Crippen molar-refractivity contribution in [3.8, 4) is 11.5 Å². The van der Waals surface area contributed by atoms with Gasteiger partial charge in [0.2, 0.25) is 10.0 Å². The quantitative estimate of drug-likeness (QED) is 0.373. The molecule has 2 aromatic heterocycles. The Bertz CT molecular complexity index is 1570. The van der Waals surface area contributed by atoms with Crippen molar-refractivity contribution >= 4 is 38.5 Å². The Hall–Kier alpha value is -4.02. The largest absolute Gasteiger partial charge is 0.460 e. The third-order valence-corrected chi connectivity index (χ3v) is 7.34. The van der Waals surface area contributed by atoms with Crippen LogP contribution in [0.2, 0.25) is 0 Å². The van der Waals surface area contributed by atoms with Gasteiger partial charge in [0.15, 0.2) is 12.4 Å². The zero-order valence-corrected chi connectivity index (χ0v) is 21.0. The maximum Gasteiger partial charge on any atom is 0.339 e. The lowest BCUT2D eigenvalue weighted by Crippen LogP contribution is -2.24. The smallest absolute Gasteiger partial charge is 0.339 e. The van der Waals surface area contributed by atoms with Gasteiger partial charge in [0.1, 0.15) is 11.5 Å². The second-order valence-corrected chi connectivity index (χ2v) is 10.5. The van der Waals surface area contributed by atoms with E-state index in [9.17, 15) is 18.0 Å². The first kappa shape index (κ1) is 25.1. The molecule has 0 fully saturated rings. The lowest BCUT2D eigenvalue weighted by atomic mass is 10.1. The van der Waals surface area contributed by atoms with Gasteiger partial charge in [0.25, 0.3) is 5.91 Å². The molecule has 0 aliphatic heterocycles. The molecule has 4 aromatic rings. The summed E-state index contributed by atoms with van der Waals surface area (Å²) in [4.78, 5) is 30.2. The van der Waals surface area contributed by atoms with Crippen LogP contribution in [0.3, 0.4) is 0 Å². The van der Waals surface area contributed by atoms with E-state index in [1.165, 1.54) is 26.2 Å². The average molecular weight is 508 g/mol. The summed E-state index contributed by atoms with van der Waals surface area (Å²) in [6, 6.07) is 16.7. The van der Waals surface area contributed by atoms with Crippen LogP contribution < -0.4 is 5.32 Å². The highest BCUT2D eigenvalue weighted by atomic mass is 32.2. The molecular formula is C26H25N3O6S. The minimum atomic E-state index is -3.68. The molecule has 36 heavy (non-hydrogen) atoms. The molecule has 0 saturated carbocycles. The Labute approximate surface area is 208 Å². The fourth-order valence-corrected chi connectivity index (χ4v) is 4.47. The number of nitrogens with one attached hydrogen (secondary N) is 1. The van der Waals surface area contributed by atoms with Gasteiger partial charge in [0.05, 0.1) is 16.0 Å². The first-order valence-electron chi connectivity index (χ1n) is 11.0. The van der Waals surface area contributed by atoms with Crippen LogP contribution >= 0.6 is 0 Å². The number of hydrogen-bond acceptors (Lipinski definition) is 7. The van der Waals surface area contributed by atoms with E-state index in [0.29, 0.717) is 39.4 Å². The van der Waals surface area contributed by atoms with Crippen LogP contribution in [0.15, 0.2) is 70.0 Å². The zero-order valence-electron chi connectivity index (χ0n) is 20.2. The van der Waals surface area contributed by atoms with Gasteiger partial charge in [-0.2, -0.15) is 0 Å². The van der Waals surface area contributed by atoms with Crippen molar-refractivity contribution in [1.29, 1.82) is 0 Å². The molecule has 0 saturated heterocycles. The second-order valence-electron chi connectivity index (χ2n) is 8.37. The summed E-state index contributed by atoms with van der Waals surface area (Å²) >= 11 is 0. The van der Waals surface area contributed by atoms with Crippen LogP contribution in [-0.2, 0) is 19.6 Å². The zero-order chi connectivity index (χ0) is 26.0. The number of anilines is 1. The molecule has 0 aliphatic rings. The number of pyridine rings is 1. The minimum absolute atomic E-state index is 0.0364. The molecule has 0 spiro atoms. The van der Waals surface area contributed by atoms with Crippen molar-refractivity contribution in [3.05, 3.63) is 77.6 Å². The fourth-order valence-electron chi connectivity index (χ4n) is 3.54. The molecule has 0 unspecified atom stereocenters. The van der Waals surface area contributed by atoms with Crippen LogP contribution in [0.5, 0.6) is 0 Å². The van der Waals surface area contributed by atoms with Crippen molar-refractivity contribution in [3.63, 3.8) is 0 Å². The highest BCUT2D eigenvalue weighted by molar-refractivity contribution is 7.89. The van der Waals surface area contributed by atoms with Gasteiger partial charge >= 0.3 is 5.97 Å². The van der Waals surface area contributed by atoms with E-state index >= 15 is 0 Å². The number of furan rings is 1. The number of sulfonamides is 1. The normalized spacial score (nSPS) is 11.6. The van der Waals surface area contributed by atoms with Crippen molar-refractivity contribution in [2.75, 3.05) is 26.0 Å². The molecule has 0 atom stereocenters. The number of ether oxygens (including phenoxy) is 1. The number of esters is 1. The highest BCUT2D eigenvalue weighted by Gasteiger charge is 2.20. The molecule has 2 aromatic carbocycles. The van der Waals surface area contributed by atoms with Crippen molar-refractivity contribution in [2.45, 2.75) is 18.7 Å². The van der Waals surface area contributed by atoms with Gasteiger partial charge in [0, 0.05) is 25.2 Å². The third kappa shape index (κ3) is 5.14. The highest BCUT2D eigenvalue weighted by Crippen LogP contribution is 2.27. The van der Waals surface area contributed by atoms with E-state index in [1.807, 2.05) is 13.0 Å². The maximum atomic E-state index is 13.0. The molecule has 1 N–H and O–H groups in total. The molecular weight excluding hydrogens is 482 g/mol. The summed E-state index contributed by atoms with van der Waals surface area (Å²) in [7, 11) is -0.827. The first-order chi connectivity index (χ1) is 17.1. The average Bonchev–Trinajstić information content (AvgIpc) is 3.29. The molecule has 0 bridgehead atoms. The van der Waals surface area contributed by atoms with E-state index in [2.05, 4.69) is 10.3 Å². The summed E-state index contributed by atoms with van der Waals surface area (Å²) < 4.78 is 36.9. The molecule has 9 nitrogen and oxygen atoms in total. The lowest BCUT2D eigenvalue weighted by molar-refractivity contribution is -0.119. The number of para-hydroxylation sites is 1. The van der Waals surface area contributed by atoms with Gasteiger partial charge in [-0.25, -0.2) is 22.5 Å². The number of rotatable bonds is 7. The first-order valence-corrected chi connectivity index (χ1v) is 12.5. The van der Waals surface area contributed by atoms with E-state index in [-0.39, 0.29) is 10.5 Å². The number of carbonyl (C=O) groups is 2. The monoisotopic (exact) mass is 507 g/mol. The molecule has 0 aliphatic carbocycles. The van der Waals surface area contributed by atoms with Crippen LogP contribution in [0, 0.1) is 13.8 Å². The van der Waals surface area contributed by atoms with Crippen molar-refractivity contribution < 1.29 is 27.2 Å². The van der Waals surface area contributed by atoms with Crippen LogP contribution in [0.25, 0.3) is 22.4 Å². The van der Waals surface area contributed by atoms with E-state index in [4.69, 9.17) is 9.15 Å². The summed E-state index contributed by atoms with van der Waals surface area (Å²) in [6.07, 6.45) is 0. The number of fused-ring (bicyclic) bond motifs is 1. The summed E-state index contributed by atoms with van der Waals surface area (Å²) in [5, 5.41) is 3.20. The minimum Gasteiger partial charge on any atom is -0.460 e. The number of amides is 1. The topological polar surface area (TPSA) is 119 Å². The van der Waals surface area contributed by atoms with E-state index in [1.54, 1.807) is 49.4 Å². The van der Waals surface area contributed by atoms with Gasteiger partial charge in [-0.05, 0) is 55.8 Å². The Morgan fingerprint density at radius 3 is 2.47 bits per heavy atom. The van der Waals surface area contributed by atoms with Gasteiger partial charge in [-0.3, -0.25) is 4.79 Å². The Balaban J connectivity index is 1.53. The molecule has 4 rings (SSSR count). The molecule has 10 heteroatoms. The van der Waals surface area contributed by atoms with Gasteiger partial charge < -0.3 is 14.5 Å². The Morgan fingerprint density at radius 2 is 1.78 bits per heavy atom. The van der Waals surface area contributed by atoms with Gasteiger partial charge in [-0.1, -0.05) is 24.3 Å². The number of aromatic nitrogens is 1. The van der Waals surface area contributed by atoms with Gasteiger partial charge in [-0.15, -0.1) is 0 Å². The summed E-state index contributed by atoms with van der Waals surface area (Å²) in [5.74, 6) is -0.0911. The standard InChI is InChI=1S/C26H25N3O6S/c1-16-9-11-18(36(32,33)29(3)4)13-22(16)28-25(30)15-34-26(31)20-14-23(24-12-10-17(2)35-24)27-21-8-6-5-7-19(20)21/h5-14H,15H2,1-4H3,(H,28,30). The van der Waals surface area contributed by atoms with Crippen molar-refractivity contribution in [2.24, 2.45) is 0 Å². The molecule has 2 heterocycles. The third-order valence-electron chi connectivity index (χ3n) is 5.52. The van der Waals surface area contributed by atoms with Crippen molar-refractivity contribution in [1.82, 2.24) is 9.29 Å². The predicted molar refractivity (Wildman–Crippen MR) is 135 cm³/mol. The van der Waals surface area contributed by atoms with Crippen LogP contribution in [0.4, 0.5) is 5.69 Å². The summed E-state index contributed by atoms with van der Waals surface area (Å²) in [5.41, 5.74) is 2.25. The number of aryl methyl sites for hydroxylation is 2. The van der Waals surface area contributed by atoms with Crippen LogP contribution in [0.1, 0.15) is 21.7 Å². The Morgan fingerprint density at radius 1 is 1.03 bits per heavy atom. The lowest BCUT2D eigenvalue weighted by Gasteiger charge is -2.14. The number of benzene rings is 2. The number of hydrogen-bond donors (Lipinski definition) is 1. The summed E-state index contributed by atoms with van der Waals surface area (Å²) in [6.45, 7) is 2.98. The molecule has 1 amide bonds. The molecule has 0 radical (unpaired) electrons. The molecule has 186 valence electrons. The SMILES string of the molecule is Cc1ccc(-c2cc(C(=O)OCC(=O)Nc3cc(S(=O)(=O)N(C)C)ccc3C)c3ccccc3n2)o1. The van der Waals surface area contributed by atoms with E-state index in [0.717, 1.165) is 4.31 Å². The predicted octanol–water partition coefficient (Wildman–Crippen LogP) is 4.16. The number of nitrogens with zero attached hydrogens (tertiary/aromatic N) is 2. The maximum absolute atomic E-state index is 13.0. The number of carbonyl (C=O) groups excluding carboxylic acids is 2. The fraction of sp³-hybridized carbons (Fsp3) is 0.192. The van der Waals surface area contributed by atoms with E-state index < -0.39 is 28.5 Å².